The van der Waals surface area contributed by atoms with E-state index >= 15 is 0 Å². The molecule has 0 heterocycles. The number of rotatable bonds is 14. The molecule has 1 rings (SSSR count). The summed E-state index contributed by atoms with van der Waals surface area (Å²) in [4.78, 5) is 70.7. The number of hydrogen-bond acceptors (Lipinski definition) is 8. The molecule has 12 heteroatoms. The van der Waals surface area contributed by atoms with Gasteiger partial charge in [-0.3, -0.25) is 24.0 Å². The third kappa shape index (κ3) is 15.5. The monoisotopic (exact) mass is 522 g/mol. The summed E-state index contributed by atoms with van der Waals surface area (Å²) in [6.07, 6.45) is 0.842. The largest absolute Gasteiger partial charge is 0.444 e. The van der Waals surface area contributed by atoms with Crippen molar-refractivity contribution in [3.8, 4) is 0 Å². The minimum absolute atomic E-state index is 0.138. The molecular formula is C24H34N4O7S. The zero-order valence-corrected chi connectivity index (χ0v) is 21.6. The van der Waals surface area contributed by atoms with Gasteiger partial charge in [-0.05, 0) is 33.6 Å². The van der Waals surface area contributed by atoms with Crippen LogP contribution in [0, 0.1) is 0 Å². The predicted molar refractivity (Wildman–Crippen MR) is 135 cm³/mol. The second-order valence-corrected chi connectivity index (χ2v) is 9.64. The van der Waals surface area contributed by atoms with Crippen LogP contribution in [0.5, 0.6) is 0 Å². The fourth-order valence-corrected chi connectivity index (χ4v) is 3.23. The molecule has 1 aromatic rings. The van der Waals surface area contributed by atoms with Crippen molar-refractivity contribution in [3.05, 3.63) is 35.9 Å². The van der Waals surface area contributed by atoms with Crippen molar-refractivity contribution in [2.24, 2.45) is 0 Å². The average Bonchev–Trinajstić information content (AvgIpc) is 2.82. The second kappa shape index (κ2) is 16.3. The maximum atomic E-state index is 11.9. The molecule has 0 saturated carbocycles. The molecule has 0 radical (unpaired) electrons. The van der Waals surface area contributed by atoms with Gasteiger partial charge in [-0.2, -0.15) is 0 Å². The Balaban J connectivity index is 2.08. The van der Waals surface area contributed by atoms with Gasteiger partial charge in [0.1, 0.15) is 5.60 Å². The van der Waals surface area contributed by atoms with Gasteiger partial charge in [0.25, 0.3) is 0 Å². The SMILES string of the molecule is CC(C)(C)OC(=O)NCCCCC(=O)CNC(=O)CNC(=O)CNC(=O)CSC(=O)c1ccccc1. The number of ketones is 1. The van der Waals surface area contributed by atoms with E-state index in [4.69, 9.17) is 4.74 Å². The maximum absolute atomic E-state index is 11.9. The lowest BCUT2D eigenvalue weighted by atomic mass is 10.2. The van der Waals surface area contributed by atoms with Crippen LogP contribution in [0.1, 0.15) is 50.4 Å². The van der Waals surface area contributed by atoms with E-state index in [1.165, 1.54) is 0 Å². The maximum Gasteiger partial charge on any atom is 0.407 e. The van der Waals surface area contributed by atoms with Crippen molar-refractivity contribution >= 4 is 46.5 Å². The third-order valence-corrected chi connectivity index (χ3v) is 5.17. The molecule has 0 atom stereocenters. The summed E-state index contributed by atoms with van der Waals surface area (Å²) in [5.74, 6) is -1.93. The molecule has 0 aliphatic rings. The average molecular weight is 523 g/mol. The molecule has 0 aliphatic heterocycles. The Kier molecular flexibility index (Phi) is 13.9. The van der Waals surface area contributed by atoms with E-state index in [1.807, 2.05) is 0 Å². The number of ether oxygens (including phenoxy) is 1. The molecule has 36 heavy (non-hydrogen) atoms. The first kappa shape index (κ1) is 30.6. The second-order valence-electron chi connectivity index (χ2n) is 8.70. The lowest BCUT2D eigenvalue weighted by Gasteiger charge is -2.19. The minimum atomic E-state index is -0.582. The van der Waals surface area contributed by atoms with E-state index in [2.05, 4.69) is 21.3 Å². The van der Waals surface area contributed by atoms with Gasteiger partial charge in [-0.15, -0.1) is 0 Å². The number of alkyl carbamates (subject to hydrolysis) is 1. The van der Waals surface area contributed by atoms with Gasteiger partial charge in [-0.1, -0.05) is 42.1 Å². The van der Waals surface area contributed by atoms with Crippen molar-refractivity contribution < 1.29 is 33.5 Å². The number of thioether (sulfide) groups is 1. The molecule has 4 amide bonds. The molecule has 1 aromatic carbocycles. The number of nitrogens with one attached hydrogen (secondary N) is 4. The summed E-state index contributed by atoms with van der Waals surface area (Å²) in [7, 11) is 0. The topological polar surface area (TPSA) is 160 Å². The number of Topliss-reactive ketones (excluding diaryl/α,β-unsaturated/α-hetero) is 1. The van der Waals surface area contributed by atoms with Crippen LogP contribution in [0.15, 0.2) is 30.3 Å². The number of amides is 4. The standard InChI is InChI=1S/C24H34N4O7S/c1-24(2,3)35-23(34)25-12-8-7-11-18(29)13-26-19(30)14-27-20(31)15-28-21(32)16-36-22(33)17-9-5-4-6-10-17/h4-6,9-10H,7-8,11-16H2,1-3H3,(H,25,34)(H,26,30)(H,27,31)(H,28,32). The van der Waals surface area contributed by atoms with E-state index in [0.717, 1.165) is 11.8 Å². The van der Waals surface area contributed by atoms with Gasteiger partial charge in [-0.25, -0.2) is 4.79 Å². The fourth-order valence-electron chi connectivity index (χ4n) is 2.56. The van der Waals surface area contributed by atoms with Crippen molar-refractivity contribution in [1.82, 2.24) is 21.3 Å². The Bertz CT molecular complexity index is 917. The Labute approximate surface area is 214 Å². The van der Waals surface area contributed by atoms with Crippen LogP contribution in [0.3, 0.4) is 0 Å². The highest BCUT2D eigenvalue weighted by Gasteiger charge is 2.15. The summed E-state index contributed by atoms with van der Waals surface area (Å²) >= 11 is 0.825. The van der Waals surface area contributed by atoms with E-state index in [1.54, 1.807) is 51.1 Å². The van der Waals surface area contributed by atoms with Crippen LogP contribution in [-0.4, -0.2) is 72.2 Å². The van der Waals surface area contributed by atoms with Gasteiger partial charge in [0.05, 0.1) is 25.4 Å². The van der Waals surface area contributed by atoms with E-state index in [9.17, 15) is 28.8 Å². The van der Waals surface area contributed by atoms with Crippen molar-refractivity contribution in [2.75, 3.05) is 31.9 Å². The van der Waals surface area contributed by atoms with Crippen LogP contribution < -0.4 is 21.3 Å². The Morgan fingerprint density at radius 2 is 1.36 bits per heavy atom. The van der Waals surface area contributed by atoms with Crippen LogP contribution in [0.2, 0.25) is 0 Å². The quantitative estimate of drug-likeness (QED) is 0.265. The summed E-state index contributed by atoms with van der Waals surface area (Å²) < 4.78 is 5.10. The first-order valence-electron chi connectivity index (χ1n) is 11.5. The molecule has 11 nitrogen and oxygen atoms in total. The highest BCUT2D eigenvalue weighted by Crippen LogP contribution is 2.11. The number of carbonyl (C=O) groups excluding carboxylic acids is 6. The molecule has 0 spiro atoms. The van der Waals surface area contributed by atoms with Crippen molar-refractivity contribution in [1.29, 1.82) is 0 Å². The molecule has 0 aromatic heterocycles. The third-order valence-electron chi connectivity index (χ3n) is 4.27. The highest BCUT2D eigenvalue weighted by atomic mass is 32.2. The van der Waals surface area contributed by atoms with E-state index < -0.39 is 29.4 Å². The molecular weight excluding hydrogens is 488 g/mol. The summed E-state index contributed by atoms with van der Waals surface area (Å²) in [5.41, 5.74) is -0.0949. The number of carbonyl (C=O) groups is 6. The number of benzene rings is 1. The predicted octanol–water partition coefficient (Wildman–Crippen LogP) is 1.17. The van der Waals surface area contributed by atoms with Crippen LogP contribution in [-0.2, 0) is 23.9 Å². The Morgan fingerprint density at radius 1 is 0.778 bits per heavy atom. The van der Waals surface area contributed by atoms with Crippen LogP contribution in [0.25, 0.3) is 0 Å². The lowest BCUT2D eigenvalue weighted by molar-refractivity contribution is -0.128. The first-order valence-corrected chi connectivity index (χ1v) is 12.5. The molecule has 0 unspecified atom stereocenters. The summed E-state index contributed by atoms with van der Waals surface area (Å²) in [6.45, 7) is 4.81. The molecule has 0 bridgehead atoms. The van der Waals surface area contributed by atoms with Crippen LogP contribution in [0.4, 0.5) is 4.79 Å². The zero-order chi connectivity index (χ0) is 27.0. The number of hydrogen-bond donors (Lipinski definition) is 4. The van der Waals surface area contributed by atoms with E-state index in [-0.39, 0.29) is 42.7 Å². The van der Waals surface area contributed by atoms with Crippen LogP contribution >= 0.6 is 11.8 Å². The first-order chi connectivity index (χ1) is 17.0. The minimum Gasteiger partial charge on any atom is -0.444 e. The Morgan fingerprint density at radius 3 is 1.97 bits per heavy atom. The Hall–Kier alpha value is -3.41. The van der Waals surface area contributed by atoms with Gasteiger partial charge in [0.15, 0.2) is 5.78 Å². The smallest absolute Gasteiger partial charge is 0.407 e. The molecule has 0 saturated heterocycles. The molecule has 198 valence electrons. The van der Waals surface area contributed by atoms with Crippen molar-refractivity contribution in [3.63, 3.8) is 0 Å². The van der Waals surface area contributed by atoms with Gasteiger partial charge in [0, 0.05) is 18.5 Å². The molecule has 4 N–H and O–H groups in total. The zero-order valence-electron chi connectivity index (χ0n) is 20.8. The molecule has 0 fully saturated rings. The number of unbranched alkanes of at least 4 members (excludes halogenated alkanes) is 1. The van der Waals surface area contributed by atoms with Gasteiger partial charge < -0.3 is 26.0 Å². The highest BCUT2D eigenvalue weighted by molar-refractivity contribution is 8.14. The van der Waals surface area contributed by atoms with Gasteiger partial charge in [0.2, 0.25) is 22.8 Å². The summed E-state index contributed by atoms with van der Waals surface area (Å²) in [5, 5.41) is 9.47. The van der Waals surface area contributed by atoms with Crippen molar-refractivity contribution in [2.45, 2.75) is 45.6 Å². The molecule has 0 aliphatic carbocycles. The normalized spacial score (nSPS) is 10.6. The van der Waals surface area contributed by atoms with E-state index in [0.29, 0.717) is 24.9 Å². The van der Waals surface area contributed by atoms with Gasteiger partial charge >= 0.3 is 6.09 Å². The fraction of sp³-hybridized carbons (Fsp3) is 0.500. The lowest BCUT2D eigenvalue weighted by Crippen LogP contribution is -2.43. The summed E-state index contributed by atoms with van der Waals surface area (Å²) in [6, 6.07) is 8.51.